The topological polar surface area (TPSA) is 57.5 Å². The van der Waals surface area contributed by atoms with Crippen LogP contribution in [-0.4, -0.2) is 22.8 Å². The van der Waals surface area contributed by atoms with E-state index in [9.17, 15) is 4.79 Å². The number of carboxylic acid groups (broad SMARTS) is 1. The molecule has 0 aliphatic carbocycles. The van der Waals surface area contributed by atoms with Crippen LogP contribution in [0, 0.1) is 5.92 Å². The van der Waals surface area contributed by atoms with Gasteiger partial charge >= 0.3 is 5.97 Å². The second-order valence-corrected chi connectivity index (χ2v) is 3.77. The quantitative estimate of drug-likeness (QED) is 0.564. The molecule has 0 saturated heterocycles. The summed E-state index contributed by atoms with van der Waals surface area (Å²) in [5.41, 5.74) is 0. The lowest BCUT2D eigenvalue weighted by atomic mass is 10.0. The summed E-state index contributed by atoms with van der Waals surface area (Å²) in [6.07, 6.45) is 7.54. The third-order valence-electron chi connectivity index (χ3n) is 2.48. The van der Waals surface area contributed by atoms with E-state index in [1.807, 2.05) is 0 Å². The van der Waals surface area contributed by atoms with Crippen LogP contribution in [-0.2, 0) is 4.79 Å². The summed E-state index contributed by atoms with van der Waals surface area (Å²) >= 11 is 0. The number of carboxylic acids is 1. The molecular weight excluding hydrogens is 180 g/mol. The molecule has 0 amide bonds. The Hall–Kier alpha value is -0.570. The van der Waals surface area contributed by atoms with Crippen LogP contribution in [0.4, 0.5) is 0 Å². The zero-order chi connectivity index (χ0) is 10.8. The van der Waals surface area contributed by atoms with E-state index in [0.717, 1.165) is 12.8 Å². The van der Waals surface area contributed by atoms with Gasteiger partial charge < -0.3 is 10.2 Å². The minimum Gasteiger partial charge on any atom is -0.481 e. The van der Waals surface area contributed by atoms with Crippen molar-refractivity contribution in [2.24, 2.45) is 5.92 Å². The van der Waals surface area contributed by atoms with Gasteiger partial charge in [-0.1, -0.05) is 45.4 Å². The number of carbonyl (C=O) groups is 1. The average molecular weight is 202 g/mol. The second-order valence-electron chi connectivity index (χ2n) is 3.77. The van der Waals surface area contributed by atoms with Crippen LogP contribution in [0.2, 0.25) is 0 Å². The Kier molecular flexibility index (Phi) is 8.64. The summed E-state index contributed by atoms with van der Waals surface area (Å²) in [4.78, 5) is 10.5. The Morgan fingerprint density at radius 2 is 1.71 bits per heavy atom. The van der Waals surface area contributed by atoms with E-state index in [1.165, 1.54) is 25.7 Å². The highest BCUT2D eigenvalue weighted by Gasteiger charge is 2.14. The fourth-order valence-corrected chi connectivity index (χ4v) is 1.46. The van der Waals surface area contributed by atoms with Crippen LogP contribution in [0.15, 0.2) is 0 Å². The molecule has 1 unspecified atom stereocenters. The molecule has 3 nitrogen and oxygen atoms in total. The lowest BCUT2D eigenvalue weighted by molar-refractivity contribution is -0.143. The number of aliphatic hydroxyl groups excluding tert-OH is 1. The molecule has 0 bridgehead atoms. The summed E-state index contributed by atoms with van der Waals surface area (Å²) in [5, 5.41) is 17.4. The van der Waals surface area contributed by atoms with Crippen LogP contribution in [0.1, 0.15) is 51.9 Å². The zero-order valence-corrected chi connectivity index (χ0v) is 9.04. The van der Waals surface area contributed by atoms with E-state index in [0.29, 0.717) is 6.42 Å². The maximum atomic E-state index is 10.5. The Labute approximate surface area is 86.1 Å². The predicted molar refractivity (Wildman–Crippen MR) is 56.2 cm³/mol. The molecule has 0 fully saturated rings. The van der Waals surface area contributed by atoms with E-state index in [-0.39, 0.29) is 6.61 Å². The molecule has 0 spiro atoms. The van der Waals surface area contributed by atoms with Crippen LogP contribution < -0.4 is 0 Å². The molecule has 0 aliphatic heterocycles. The van der Waals surface area contributed by atoms with Gasteiger partial charge in [0.15, 0.2) is 0 Å². The molecule has 1 atom stereocenters. The van der Waals surface area contributed by atoms with E-state index < -0.39 is 11.9 Å². The Balaban J connectivity index is 3.29. The summed E-state index contributed by atoms with van der Waals surface area (Å²) in [6, 6.07) is 0. The molecule has 3 heteroatoms. The van der Waals surface area contributed by atoms with Crippen molar-refractivity contribution in [1.82, 2.24) is 0 Å². The van der Waals surface area contributed by atoms with E-state index in [4.69, 9.17) is 10.2 Å². The molecule has 0 aromatic rings. The smallest absolute Gasteiger partial charge is 0.308 e. The van der Waals surface area contributed by atoms with Gasteiger partial charge in [0, 0.05) is 0 Å². The van der Waals surface area contributed by atoms with Crippen LogP contribution >= 0.6 is 0 Å². The fraction of sp³-hybridized carbons (Fsp3) is 0.909. The Morgan fingerprint density at radius 1 is 1.14 bits per heavy atom. The lowest BCUT2D eigenvalue weighted by Gasteiger charge is -2.07. The molecule has 0 aromatic carbocycles. The van der Waals surface area contributed by atoms with Gasteiger partial charge in [0.25, 0.3) is 0 Å². The van der Waals surface area contributed by atoms with Crippen LogP contribution in [0.3, 0.4) is 0 Å². The molecule has 14 heavy (non-hydrogen) atoms. The molecule has 84 valence electrons. The summed E-state index contributed by atoms with van der Waals surface area (Å²) in [7, 11) is 0. The highest BCUT2D eigenvalue weighted by molar-refractivity contribution is 5.69. The van der Waals surface area contributed by atoms with Crippen molar-refractivity contribution in [2.75, 3.05) is 6.61 Å². The average Bonchev–Trinajstić information content (AvgIpc) is 2.16. The number of unbranched alkanes of at least 4 members (excludes halogenated alkanes) is 5. The molecule has 0 heterocycles. The molecular formula is C11H22O3. The van der Waals surface area contributed by atoms with Gasteiger partial charge in [-0.3, -0.25) is 4.79 Å². The monoisotopic (exact) mass is 202 g/mol. The molecule has 0 saturated carbocycles. The van der Waals surface area contributed by atoms with E-state index in [2.05, 4.69) is 6.92 Å². The maximum absolute atomic E-state index is 10.5. The number of hydrogen-bond acceptors (Lipinski definition) is 2. The van der Waals surface area contributed by atoms with Gasteiger partial charge in [-0.2, -0.15) is 0 Å². The van der Waals surface area contributed by atoms with E-state index in [1.54, 1.807) is 0 Å². The highest BCUT2D eigenvalue weighted by Crippen LogP contribution is 2.12. The fourth-order valence-electron chi connectivity index (χ4n) is 1.46. The predicted octanol–water partition coefficient (Wildman–Crippen LogP) is 2.43. The van der Waals surface area contributed by atoms with Crippen molar-refractivity contribution in [1.29, 1.82) is 0 Å². The van der Waals surface area contributed by atoms with Crippen LogP contribution in [0.25, 0.3) is 0 Å². The second kappa shape index (κ2) is 9.00. The van der Waals surface area contributed by atoms with Gasteiger partial charge in [0.05, 0.1) is 12.5 Å². The normalized spacial score (nSPS) is 12.7. The minimum absolute atomic E-state index is 0.232. The lowest BCUT2D eigenvalue weighted by Crippen LogP contribution is -2.17. The highest BCUT2D eigenvalue weighted by atomic mass is 16.4. The first kappa shape index (κ1) is 13.4. The van der Waals surface area contributed by atoms with Crippen molar-refractivity contribution < 1.29 is 15.0 Å². The molecule has 2 N–H and O–H groups in total. The standard InChI is InChI=1S/C11H22O3/c1-2-3-4-5-6-7-8-10(9-12)11(13)14/h10,12H,2-9H2,1H3,(H,13,14). The van der Waals surface area contributed by atoms with Crippen molar-refractivity contribution in [2.45, 2.75) is 51.9 Å². The van der Waals surface area contributed by atoms with Crippen molar-refractivity contribution in [3.63, 3.8) is 0 Å². The van der Waals surface area contributed by atoms with Crippen molar-refractivity contribution in [3.8, 4) is 0 Å². The van der Waals surface area contributed by atoms with Gasteiger partial charge in [0.2, 0.25) is 0 Å². The van der Waals surface area contributed by atoms with Crippen molar-refractivity contribution in [3.05, 3.63) is 0 Å². The minimum atomic E-state index is -0.874. The van der Waals surface area contributed by atoms with Crippen LogP contribution in [0.5, 0.6) is 0 Å². The Morgan fingerprint density at radius 3 is 2.21 bits per heavy atom. The van der Waals surface area contributed by atoms with E-state index >= 15 is 0 Å². The number of aliphatic carboxylic acids is 1. The first-order valence-electron chi connectivity index (χ1n) is 5.56. The summed E-state index contributed by atoms with van der Waals surface area (Å²) < 4.78 is 0. The molecule has 0 rings (SSSR count). The SMILES string of the molecule is CCCCCCCCC(CO)C(=O)O. The maximum Gasteiger partial charge on any atom is 0.308 e. The number of rotatable bonds is 9. The third-order valence-corrected chi connectivity index (χ3v) is 2.48. The third kappa shape index (κ3) is 6.89. The molecule has 0 aliphatic rings. The molecule has 0 radical (unpaired) electrons. The van der Waals surface area contributed by atoms with Crippen molar-refractivity contribution >= 4 is 5.97 Å². The summed E-state index contributed by atoms with van der Waals surface area (Å²) in [5.74, 6) is -1.43. The molecule has 0 aromatic heterocycles. The van der Waals surface area contributed by atoms with Gasteiger partial charge in [-0.25, -0.2) is 0 Å². The zero-order valence-electron chi connectivity index (χ0n) is 9.04. The largest absolute Gasteiger partial charge is 0.481 e. The van der Waals surface area contributed by atoms with Gasteiger partial charge in [-0.05, 0) is 6.42 Å². The number of aliphatic hydroxyl groups is 1. The van der Waals surface area contributed by atoms with Gasteiger partial charge in [-0.15, -0.1) is 0 Å². The van der Waals surface area contributed by atoms with Gasteiger partial charge in [0.1, 0.15) is 0 Å². The summed E-state index contributed by atoms with van der Waals surface area (Å²) in [6.45, 7) is 1.94. The Bertz CT molecular complexity index is 145. The first-order valence-corrected chi connectivity index (χ1v) is 5.56. The number of hydrogen-bond donors (Lipinski definition) is 2. The first-order chi connectivity index (χ1) is 6.72.